The smallest absolute Gasteiger partial charge is 0.263 e. The van der Waals surface area contributed by atoms with E-state index in [-0.39, 0.29) is 24.1 Å². The van der Waals surface area contributed by atoms with Crippen LogP contribution in [0.5, 0.6) is 11.5 Å². The molecular weight excluding hydrogens is 375 g/mol. The molecule has 2 aromatic carbocycles. The van der Waals surface area contributed by atoms with Gasteiger partial charge in [-0.05, 0) is 48.9 Å². The molecule has 1 fully saturated rings. The van der Waals surface area contributed by atoms with Crippen LogP contribution in [0.4, 0.5) is 4.39 Å². The van der Waals surface area contributed by atoms with Crippen molar-refractivity contribution in [3.05, 3.63) is 59.9 Å². The molecule has 2 aromatic rings. The van der Waals surface area contributed by atoms with E-state index in [9.17, 15) is 14.0 Å². The maximum absolute atomic E-state index is 13.0. The first-order valence-corrected chi connectivity index (χ1v) is 9.58. The van der Waals surface area contributed by atoms with Gasteiger partial charge in [-0.3, -0.25) is 9.59 Å². The lowest BCUT2D eigenvalue weighted by Gasteiger charge is -2.36. The van der Waals surface area contributed by atoms with Crippen molar-refractivity contribution in [2.45, 2.75) is 19.4 Å². The van der Waals surface area contributed by atoms with E-state index in [0.717, 1.165) is 11.3 Å². The molecule has 0 spiro atoms. The normalized spacial score (nSPS) is 15.0. The van der Waals surface area contributed by atoms with E-state index >= 15 is 0 Å². The SMILES string of the molecule is COc1ccc(OC(C)C(=O)N2CCN(C(=O)Cc3ccc(F)cc3)CC2)cc1. The zero-order chi connectivity index (χ0) is 20.8. The average molecular weight is 400 g/mol. The predicted octanol–water partition coefficient (Wildman–Crippen LogP) is 2.52. The minimum atomic E-state index is -0.620. The number of carbonyl (C=O) groups is 2. The molecule has 0 radical (unpaired) electrons. The molecule has 3 rings (SSSR count). The van der Waals surface area contributed by atoms with Crippen LogP contribution in [0.1, 0.15) is 12.5 Å². The maximum atomic E-state index is 13.0. The Morgan fingerprint density at radius 1 is 0.931 bits per heavy atom. The van der Waals surface area contributed by atoms with Crippen molar-refractivity contribution < 1.29 is 23.5 Å². The van der Waals surface area contributed by atoms with Gasteiger partial charge in [0.25, 0.3) is 5.91 Å². The Balaban J connectivity index is 1.47. The predicted molar refractivity (Wildman–Crippen MR) is 106 cm³/mol. The monoisotopic (exact) mass is 400 g/mol. The molecular formula is C22H25FN2O4. The Bertz CT molecular complexity index is 831. The van der Waals surface area contributed by atoms with E-state index in [1.165, 1.54) is 12.1 Å². The molecule has 0 aromatic heterocycles. The van der Waals surface area contributed by atoms with Crippen LogP contribution in [0.15, 0.2) is 48.5 Å². The standard InChI is InChI=1S/C22H25FN2O4/c1-16(29-20-9-7-19(28-2)8-10-20)22(27)25-13-11-24(12-14-25)21(26)15-17-3-5-18(23)6-4-17/h3-10,16H,11-15H2,1-2H3. The first-order chi connectivity index (χ1) is 14.0. The Morgan fingerprint density at radius 2 is 1.48 bits per heavy atom. The highest BCUT2D eigenvalue weighted by Gasteiger charge is 2.27. The van der Waals surface area contributed by atoms with E-state index in [1.54, 1.807) is 60.2 Å². The molecule has 1 saturated heterocycles. The number of halogens is 1. The lowest BCUT2D eigenvalue weighted by atomic mass is 10.1. The zero-order valence-corrected chi connectivity index (χ0v) is 16.6. The summed E-state index contributed by atoms with van der Waals surface area (Å²) in [6.07, 6.45) is -0.393. The fourth-order valence-corrected chi connectivity index (χ4v) is 3.23. The maximum Gasteiger partial charge on any atom is 0.263 e. The Morgan fingerprint density at radius 3 is 2.07 bits per heavy atom. The second-order valence-corrected chi connectivity index (χ2v) is 6.94. The minimum absolute atomic E-state index is 0.0220. The van der Waals surface area contributed by atoms with Crippen molar-refractivity contribution in [1.29, 1.82) is 0 Å². The summed E-state index contributed by atoms with van der Waals surface area (Å²) in [5, 5.41) is 0. The van der Waals surface area contributed by atoms with Crippen LogP contribution in [0, 0.1) is 5.82 Å². The Labute approximate surface area is 169 Å². The van der Waals surface area contributed by atoms with Crippen molar-refractivity contribution in [2.75, 3.05) is 33.3 Å². The summed E-state index contributed by atoms with van der Waals surface area (Å²) in [6.45, 7) is 3.59. The van der Waals surface area contributed by atoms with Gasteiger partial charge in [-0.2, -0.15) is 0 Å². The van der Waals surface area contributed by atoms with E-state index in [4.69, 9.17) is 9.47 Å². The van der Waals surface area contributed by atoms with Crippen LogP contribution in [0.3, 0.4) is 0 Å². The summed E-state index contributed by atoms with van der Waals surface area (Å²) >= 11 is 0. The van der Waals surface area contributed by atoms with Gasteiger partial charge in [-0.15, -0.1) is 0 Å². The van der Waals surface area contributed by atoms with Gasteiger partial charge in [0.1, 0.15) is 17.3 Å². The summed E-state index contributed by atoms with van der Waals surface area (Å²) in [4.78, 5) is 28.6. The van der Waals surface area contributed by atoms with Gasteiger partial charge in [0.05, 0.1) is 13.5 Å². The fourth-order valence-electron chi connectivity index (χ4n) is 3.23. The Hall–Kier alpha value is -3.09. The number of hydrogen-bond donors (Lipinski definition) is 0. The molecule has 1 aliphatic rings. The highest BCUT2D eigenvalue weighted by molar-refractivity contribution is 5.82. The number of amides is 2. The quantitative estimate of drug-likeness (QED) is 0.748. The van der Waals surface area contributed by atoms with Crippen LogP contribution < -0.4 is 9.47 Å². The lowest BCUT2D eigenvalue weighted by Crippen LogP contribution is -2.53. The average Bonchev–Trinajstić information content (AvgIpc) is 2.75. The molecule has 29 heavy (non-hydrogen) atoms. The largest absolute Gasteiger partial charge is 0.497 e. The summed E-state index contributed by atoms with van der Waals surface area (Å²) < 4.78 is 23.8. The zero-order valence-electron chi connectivity index (χ0n) is 16.6. The van der Waals surface area contributed by atoms with Crippen molar-refractivity contribution in [2.24, 2.45) is 0 Å². The third-order valence-corrected chi connectivity index (χ3v) is 4.93. The highest BCUT2D eigenvalue weighted by atomic mass is 19.1. The number of nitrogens with zero attached hydrogens (tertiary/aromatic N) is 2. The van der Waals surface area contributed by atoms with Crippen LogP contribution in [0.2, 0.25) is 0 Å². The molecule has 6 nitrogen and oxygen atoms in total. The van der Waals surface area contributed by atoms with Crippen LogP contribution >= 0.6 is 0 Å². The third kappa shape index (κ3) is 5.47. The van der Waals surface area contributed by atoms with E-state index < -0.39 is 6.10 Å². The van der Waals surface area contributed by atoms with E-state index in [0.29, 0.717) is 31.9 Å². The summed E-state index contributed by atoms with van der Waals surface area (Å²) in [6, 6.07) is 13.0. The topological polar surface area (TPSA) is 59.1 Å². The molecule has 1 atom stereocenters. The number of piperazine rings is 1. The fraction of sp³-hybridized carbons (Fsp3) is 0.364. The summed E-state index contributed by atoms with van der Waals surface area (Å²) in [5.74, 6) is 0.870. The second kappa shape index (κ2) is 9.41. The van der Waals surface area contributed by atoms with Crippen LogP contribution in [0.25, 0.3) is 0 Å². The van der Waals surface area contributed by atoms with E-state index in [1.807, 2.05) is 0 Å². The Kier molecular flexibility index (Phi) is 6.69. The molecule has 0 bridgehead atoms. The number of ether oxygens (including phenoxy) is 2. The van der Waals surface area contributed by atoms with Crippen molar-refractivity contribution in [1.82, 2.24) is 9.80 Å². The van der Waals surface area contributed by atoms with Gasteiger partial charge in [0.2, 0.25) is 5.91 Å². The molecule has 154 valence electrons. The molecule has 0 aliphatic carbocycles. The first kappa shape index (κ1) is 20.6. The minimum Gasteiger partial charge on any atom is -0.497 e. The molecule has 2 amide bonds. The summed E-state index contributed by atoms with van der Waals surface area (Å²) in [5.41, 5.74) is 0.774. The van der Waals surface area contributed by atoms with E-state index in [2.05, 4.69) is 0 Å². The first-order valence-electron chi connectivity index (χ1n) is 9.58. The van der Waals surface area contributed by atoms with Gasteiger partial charge in [-0.25, -0.2) is 4.39 Å². The molecule has 1 aliphatic heterocycles. The molecule has 0 saturated carbocycles. The number of carbonyl (C=O) groups excluding carboxylic acids is 2. The van der Waals surface area contributed by atoms with Crippen molar-refractivity contribution in [3.63, 3.8) is 0 Å². The van der Waals surface area contributed by atoms with Gasteiger partial charge >= 0.3 is 0 Å². The number of hydrogen-bond acceptors (Lipinski definition) is 4. The molecule has 1 heterocycles. The van der Waals surface area contributed by atoms with Gasteiger partial charge in [-0.1, -0.05) is 12.1 Å². The van der Waals surface area contributed by atoms with Crippen LogP contribution in [-0.2, 0) is 16.0 Å². The van der Waals surface area contributed by atoms with Gasteiger partial charge in [0, 0.05) is 26.2 Å². The van der Waals surface area contributed by atoms with Gasteiger partial charge in [0.15, 0.2) is 6.10 Å². The molecule has 1 unspecified atom stereocenters. The third-order valence-electron chi connectivity index (χ3n) is 4.93. The van der Waals surface area contributed by atoms with Crippen molar-refractivity contribution >= 4 is 11.8 Å². The van der Waals surface area contributed by atoms with Crippen LogP contribution in [-0.4, -0.2) is 61.0 Å². The number of benzene rings is 2. The van der Waals surface area contributed by atoms with Crippen molar-refractivity contribution in [3.8, 4) is 11.5 Å². The lowest BCUT2D eigenvalue weighted by molar-refractivity contribution is -0.143. The molecule has 7 heteroatoms. The number of methoxy groups -OCH3 is 1. The summed E-state index contributed by atoms with van der Waals surface area (Å²) in [7, 11) is 1.59. The highest BCUT2D eigenvalue weighted by Crippen LogP contribution is 2.19. The molecule has 0 N–H and O–H groups in total. The van der Waals surface area contributed by atoms with Gasteiger partial charge < -0.3 is 19.3 Å². The number of rotatable bonds is 6. The second-order valence-electron chi connectivity index (χ2n) is 6.94.